The van der Waals surface area contributed by atoms with Gasteiger partial charge in [0.1, 0.15) is 11.6 Å². The zero-order valence-electron chi connectivity index (χ0n) is 18.3. The molecule has 1 amide bonds. The van der Waals surface area contributed by atoms with E-state index >= 15 is 0 Å². The van der Waals surface area contributed by atoms with Crippen LogP contribution in [0.3, 0.4) is 0 Å². The van der Waals surface area contributed by atoms with Gasteiger partial charge in [0.05, 0.1) is 11.0 Å². The Balaban J connectivity index is 1.49. The van der Waals surface area contributed by atoms with Crippen molar-refractivity contribution in [1.82, 2.24) is 9.55 Å². The smallest absolute Gasteiger partial charge is 0.227 e. The van der Waals surface area contributed by atoms with E-state index in [4.69, 9.17) is 4.98 Å². The molecular weight excluding hydrogens is 401 g/mol. The number of anilines is 1. The fourth-order valence-electron chi connectivity index (χ4n) is 4.51. The summed E-state index contributed by atoms with van der Waals surface area (Å²) in [7, 11) is 0. The lowest BCUT2D eigenvalue weighted by atomic mass is 10.0. The van der Waals surface area contributed by atoms with E-state index in [0.29, 0.717) is 25.4 Å². The van der Waals surface area contributed by atoms with Crippen molar-refractivity contribution in [3.63, 3.8) is 0 Å². The maximum absolute atomic E-state index is 13.3. The zero-order chi connectivity index (χ0) is 22.2. The minimum absolute atomic E-state index is 0.0186. The molecule has 1 atom stereocenters. The molecule has 4 nitrogen and oxygen atoms in total. The minimum Gasteiger partial charge on any atom is -0.323 e. The van der Waals surface area contributed by atoms with E-state index in [1.807, 2.05) is 18.2 Å². The first kappa shape index (κ1) is 20.4. The first-order chi connectivity index (χ1) is 15.5. The summed E-state index contributed by atoms with van der Waals surface area (Å²) in [5.74, 6) is 1.14. The van der Waals surface area contributed by atoms with Crippen LogP contribution in [0.5, 0.6) is 0 Å². The van der Waals surface area contributed by atoms with Crippen LogP contribution in [0.2, 0.25) is 0 Å². The van der Waals surface area contributed by atoms with Crippen LogP contribution in [0.1, 0.15) is 49.1 Å². The Morgan fingerprint density at radius 2 is 1.72 bits per heavy atom. The molecule has 0 N–H and O–H groups in total. The van der Waals surface area contributed by atoms with Crippen molar-refractivity contribution in [3.8, 4) is 0 Å². The van der Waals surface area contributed by atoms with E-state index in [2.05, 4.69) is 48.7 Å². The summed E-state index contributed by atoms with van der Waals surface area (Å²) in [4.78, 5) is 19.5. The molecule has 162 valence electrons. The first-order valence-electron chi connectivity index (χ1n) is 11.1. The van der Waals surface area contributed by atoms with Crippen molar-refractivity contribution >= 4 is 22.6 Å². The molecule has 32 heavy (non-hydrogen) atoms. The molecule has 2 heterocycles. The van der Waals surface area contributed by atoms with Gasteiger partial charge in [0.2, 0.25) is 5.91 Å². The van der Waals surface area contributed by atoms with Crippen LogP contribution >= 0.6 is 0 Å². The third-order valence-electron chi connectivity index (χ3n) is 6.30. The van der Waals surface area contributed by atoms with E-state index in [1.165, 1.54) is 23.3 Å². The monoisotopic (exact) mass is 427 g/mol. The Bertz CT molecular complexity index is 1260. The number of benzene rings is 3. The fourth-order valence-corrected chi connectivity index (χ4v) is 4.51. The highest BCUT2D eigenvalue weighted by molar-refractivity contribution is 5.96. The third kappa shape index (κ3) is 3.79. The average molecular weight is 428 g/mol. The quantitative estimate of drug-likeness (QED) is 0.400. The summed E-state index contributed by atoms with van der Waals surface area (Å²) in [6.07, 6.45) is 0.396. The average Bonchev–Trinajstić information content (AvgIpc) is 3.35. The van der Waals surface area contributed by atoms with Gasteiger partial charge in [-0.1, -0.05) is 50.2 Å². The molecule has 1 saturated heterocycles. The highest BCUT2D eigenvalue weighted by Gasteiger charge is 2.34. The van der Waals surface area contributed by atoms with Gasteiger partial charge in [-0.25, -0.2) is 9.37 Å². The summed E-state index contributed by atoms with van der Waals surface area (Å²) in [5.41, 5.74) is 5.27. The van der Waals surface area contributed by atoms with Crippen LogP contribution < -0.4 is 4.90 Å². The number of hydrogen-bond donors (Lipinski definition) is 0. The Labute approximate surface area is 187 Å². The van der Waals surface area contributed by atoms with Crippen LogP contribution in [0.4, 0.5) is 10.1 Å². The van der Waals surface area contributed by atoms with Crippen LogP contribution in [-0.2, 0) is 11.3 Å². The molecule has 0 radical (unpaired) electrons. The van der Waals surface area contributed by atoms with Crippen molar-refractivity contribution in [1.29, 1.82) is 0 Å². The zero-order valence-corrected chi connectivity index (χ0v) is 18.3. The van der Waals surface area contributed by atoms with E-state index in [1.54, 1.807) is 17.0 Å². The van der Waals surface area contributed by atoms with Gasteiger partial charge in [0, 0.05) is 31.1 Å². The fraction of sp³-hybridized carbons (Fsp3) is 0.259. The standard InChI is InChI=1S/C27H26FN3O/c1-18(2)20-9-7-19(8-10-20)16-31-25-6-4-3-5-24(25)29-27(31)21-15-26(32)30(17-21)23-13-11-22(28)12-14-23/h3-14,18,21H,15-17H2,1-2H3. The molecule has 1 fully saturated rings. The van der Waals surface area contributed by atoms with Gasteiger partial charge in [-0.05, 0) is 53.4 Å². The summed E-state index contributed by atoms with van der Waals surface area (Å²) in [5, 5.41) is 0. The molecule has 1 aliphatic rings. The molecule has 5 heteroatoms. The molecule has 1 aliphatic heterocycles. The summed E-state index contributed by atoms with van der Waals surface area (Å²) in [6, 6.07) is 23.0. The van der Waals surface area contributed by atoms with Crippen molar-refractivity contribution in [2.24, 2.45) is 0 Å². The van der Waals surface area contributed by atoms with E-state index < -0.39 is 0 Å². The number of para-hydroxylation sites is 2. The Morgan fingerprint density at radius 3 is 2.44 bits per heavy atom. The van der Waals surface area contributed by atoms with Crippen molar-refractivity contribution < 1.29 is 9.18 Å². The lowest BCUT2D eigenvalue weighted by Crippen LogP contribution is -2.24. The largest absolute Gasteiger partial charge is 0.323 e. The molecule has 0 aliphatic carbocycles. The Kier molecular flexibility index (Phi) is 5.25. The molecular formula is C27H26FN3O. The summed E-state index contributed by atoms with van der Waals surface area (Å²) >= 11 is 0. The van der Waals surface area contributed by atoms with Gasteiger partial charge >= 0.3 is 0 Å². The number of hydrogen-bond acceptors (Lipinski definition) is 2. The minimum atomic E-state index is -0.303. The van der Waals surface area contributed by atoms with E-state index in [9.17, 15) is 9.18 Å². The molecule has 5 rings (SSSR count). The maximum atomic E-state index is 13.3. The van der Waals surface area contributed by atoms with Crippen molar-refractivity contribution in [2.45, 2.75) is 38.6 Å². The molecule has 0 bridgehead atoms. The summed E-state index contributed by atoms with van der Waals surface area (Å²) in [6.45, 7) is 5.64. The molecule has 0 saturated carbocycles. The second-order valence-corrected chi connectivity index (χ2v) is 8.82. The highest BCUT2D eigenvalue weighted by atomic mass is 19.1. The maximum Gasteiger partial charge on any atom is 0.227 e. The lowest BCUT2D eigenvalue weighted by Gasteiger charge is -2.17. The van der Waals surface area contributed by atoms with Gasteiger partial charge in [0.15, 0.2) is 0 Å². The van der Waals surface area contributed by atoms with E-state index in [-0.39, 0.29) is 17.6 Å². The van der Waals surface area contributed by atoms with E-state index in [0.717, 1.165) is 22.5 Å². The number of fused-ring (bicyclic) bond motifs is 1. The van der Waals surface area contributed by atoms with Gasteiger partial charge in [-0.3, -0.25) is 4.79 Å². The number of imidazole rings is 1. The molecule has 4 aromatic rings. The predicted molar refractivity (Wildman–Crippen MR) is 125 cm³/mol. The van der Waals surface area contributed by atoms with Crippen LogP contribution in [0, 0.1) is 5.82 Å². The lowest BCUT2D eigenvalue weighted by molar-refractivity contribution is -0.117. The topological polar surface area (TPSA) is 38.1 Å². The predicted octanol–water partition coefficient (Wildman–Crippen LogP) is 5.87. The van der Waals surface area contributed by atoms with Gasteiger partial charge < -0.3 is 9.47 Å². The number of nitrogens with zero attached hydrogens (tertiary/aromatic N) is 3. The van der Waals surface area contributed by atoms with Gasteiger partial charge in [-0.2, -0.15) is 0 Å². The number of carbonyl (C=O) groups excluding carboxylic acids is 1. The van der Waals surface area contributed by atoms with Gasteiger partial charge in [0.25, 0.3) is 0 Å². The third-order valence-corrected chi connectivity index (χ3v) is 6.30. The number of rotatable bonds is 5. The second-order valence-electron chi connectivity index (χ2n) is 8.82. The van der Waals surface area contributed by atoms with Gasteiger partial charge in [-0.15, -0.1) is 0 Å². The number of amides is 1. The number of aromatic nitrogens is 2. The number of halogens is 1. The van der Waals surface area contributed by atoms with Crippen molar-refractivity contribution in [2.75, 3.05) is 11.4 Å². The SMILES string of the molecule is CC(C)c1ccc(Cn2c(C3CC(=O)N(c4ccc(F)cc4)C3)nc3ccccc32)cc1. The number of carbonyl (C=O) groups is 1. The summed E-state index contributed by atoms with van der Waals surface area (Å²) < 4.78 is 15.6. The molecule has 1 aromatic heterocycles. The van der Waals surface area contributed by atoms with Crippen LogP contribution in [0.25, 0.3) is 11.0 Å². The Hall–Kier alpha value is -3.47. The second kappa shape index (κ2) is 8.23. The van der Waals surface area contributed by atoms with Crippen molar-refractivity contribution in [3.05, 3.63) is 95.6 Å². The molecule has 3 aromatic carbocycles. The first-order valence-corrected chi connectivity index (χ1v) is 11.1. The highest BCUT2D eigenvalue weighted by Crippen LogP contribution is 2.33. The Morgan fingerprint density at radius 1 is 1.00 bits per heavy atom. The van der Waals surface area contributed by atoms with Crippen LogP contribution in [-0.4, -0.2) is 22.0 Å². The normalized spacial score (nSPS) is 16.4. The molecule has 1 unspecified atom stereocenters. The molecule has 0 spiro atoms. The van der Waals surface area contributed by atoms with Crippen LogP contribution in [0.15, 0.2) is 72.8 Å².